The lowest BCUT2D eigenvalue weighted by Crippen LogP contribution is -2.14. The minimum atomic E-state index is -3.56. The quantitative estimate of drug-likeness (QED) is 0.506. The largest absolute Gasteiger partial charge is 0.325 e. The molecule has 0 fully saturated rings. The number of benzene rings is 2. The van der Waals surface area contributed by atoms with Crippen LogP contribution in [-0.4, -0.2) is 34.8 Å². The Bertz CT molecular complexity index is 1160. The van der Waals surface area contributed by atoms with Gasteiger partial charge in [-0.2, -0.15) is 0 Å². The molecule has 3 aromatic rings. The van der Waals surface area contributed by atoms with Crippen molar-refractivity contribution in [2.75, 3.05) is 11.1 Å². The van der Waals surface area contributed by atoms with Crippen molar-refractivity contribution in [3.63, 3.8) is 0 Å². The van der Waals surface area contributed by atoms with E-state index in [9.17, 15) is 13.2 Å². The summed E-state index contributed by atoms with van der Waals surface area (Å²) < 4.78 is 26.8. The highest BCUT2D eigenvalue weighted by Crippen LogP contribution is 2.24. The Hall–Kier alpha value is -2.07. The molecule has 0 atom stereocenters. The van der Waals surface area contributed by atoms with Gasteiger partial charge >= 0.3 is 0 Å². The van der Waals surface area contributed by atoms with E-state index in [1.54, 1.807) is 54.1 Å². The summed E-state index contributed by atoms with van der Waals surface area (Å²) in [5.74, 6) is -0.219. The predicted octanol–water partition coefficient (Wildman–Crippen LogP) is 4.14. The first-order valence-corrected chi connectivity index (χ1v) is 12.1. The summed E-state index contributed by atoms with van der Waals surface area (Å²) in [5.41, 5.74) is 1.46. The number of anilines is 1. The standard InChI is InChI=1S/C19H18Cl2N4O3S2/c1-12-3-5-16(6-4-12)30(27,28)11-17-23-24-19(25(17)2)29-10-18(26)22-15-8-13(20)7-14(21)9-15/h3-9H,10-11H2,1-2H3,(H,22,26). The molecule has 1 amide bonds. The van der Waals surface area contributed by atoms with Crippen LogP contribution in [0.4, 0.5) is 5.69 Å². The third-order valence-electron chi connectivity index (χ3n) is 4.10. The molecule has 0 bridgehead atoms. The van der Waals surface area contributed by atoms with Gasteiger partial charge in [-0.05, 0) is 37.3 Å². The van der Waals surface area contributed by atoms with Gasteiger partial charge in [0.25, 0.3) is 0 Å². The average molecular weight is 485 g/mol. The van der Waals surface area contributed by atoms with Crippen LogP contribution in [0.5, 0.6) is 0 Å². The summed E-state index contributed by atoms with van der Waals surface area (Å²) in [7, 11) is -1.89. The van der Waals surface area contributed by atoms with Crippen molar-refractivity contribution in [3.8, 4) is 0 Å². The number of rotatable bonds is 7. The van der Waals surface area contributed by atoms with Gasteiger partial charge in [-0.15, -0.1) is 10.2 Å². The number of aryl methyl sites for hydroxylation is 1. The van der Waals surface area contributed by atoms with Crippen LogP contribution in [0.1, 0.15) is 11.4 Å². The molecule has 1 heterocycles. The number of carbonyl (C=O) groups excluding carboxylic acids is 1. The molecule has 0 unspecified atom stereocenters. The minimum Gasteiger partial charge on any atom is -0.325 e. The van der Waals surface area contributed by atoms with Crippen LogP contribution in [0.15, 0.2) is 52.5 Å². The van der Waals surface area contributed by atoms with Gasteiger partial charge in [0.2, 0.25) is 5.91 Å². The fraction of sp³-hybridized carbons (Fsp3) is 0.211. The van der Waals surface area contributed by atoms with Gasteiger partial charge in [0.15, 0.2) is 15.0 Å². The number of thioether (sulfide) groups is 1. The van der Waals surface area contributed by atoms with Crippen molar-refractivity contribution in [1.82, 2.24) is 14.8 Å². The fourth-order valence-electron chi connectivity index (χ4n) is 2.55. The molecular formula is C19H18Cl2N4O3S2. The normalized spacial score (nSPS) is 11.5. The second-order valence-corrected chi connectivity index (χ2v) is 10.3. The van der Waals surface area contributed by atoms with Crippen LogP contribution < -0.4 is 5.32 Å². The number of nitrogens with one attached hydrogen (secondary N) is 1. The summed E-state index contributed by atoms with van der Waals surface area (Å²) >= 11 is 13.0. The lowest BCUT2D eigenvalue weighted by atomic mass is 10.2. The smallest absolute Gasteiger partial charge is 0.234 e. The zero-order valence-electron chi connectivity index (χ0n) is 16.1. The highest BCUT2D eigenvalue weighted by molar-refractivity contribution is 7.99. The molecule has 7 nitrogen and oxygen atoms in total. The van der Waals surface area contributed by atoms with Gasteiger partial charge in [0.1, 0.15) is 11.6 Å². The number of sulfone groups is 1. The van der Waals surface area contributed by atoms with E-state index in [0.29, 0.717) is 26.7 Å². The first-order chi connectivity index (χ1) is 14.1. The second kappa shape index (κ2) is 9.38. The molecule has 0 aliphatic rings. The van der Waals surface area contributed by atoms with Crippen LogP contribution >= 0.6 is 35.0 Å². The van der Waals surface area contributed by atoms with E-state index in [0.717, 1.165) is 17.3 Å². The van der Waals surface area contributed by atoms with E-state index < -0.39 is 9.84 Å². The van der Waals surface area contributed by atoms with Gasteiger partial charge in [0, 0.05) is 22.8 Å². The van der Waals surface area contributed by atoms with Crippen LogP contribution in [0.25, 0.3) is 0 Å². The van der Waals surface area contributed by atoms with Gasteiger partial charge < -0.3 is 9.88 Å². The third kappa shape index (κ3) is 5.75. The van der Waals surface area contributed by atoms with Crippen LogP contribution in [0, 0.1) is 6.92 Å². The van der Waals surface area contributed by atoms with E-state index in [-0.39, 0.29) is 22.3 Å². The summed E-state index contributed by atoms with van der Waals surface area (Å²) in [6.07, 6.45) is 0. The Balaban J connectivity index is 1.63. The van der Waals surface area contributed by atoms with Crippen molar-refractivity contribution in [2.45, 2.75) is 22.7 Å². The van der Waals surface area contributed by atoms with Gasteiger partial charge in [0.05, 0.1) is 10.6 Å². The topological polar surface area (TPSA) is 94.0 Å². The molecule has 0 radical (unpaired) electrons. The van der Waals surface area contributed by atoms with Crippen molar-refractivity contribution >= 4 is 56.4 Å². The average Bonchev–Trinajstić information content (AvgIpc) is 2.99. The predicted molar refractivity (Wildman–Crippen MR) is 119 cm³/mol. The molecule has 11 heteroatoms. The molecule has 1 aromatic heterocycles. The zero-order valence-corrected chi connectivity index (χ0v) is 19.2. The van der Waals surface area contributed by atoms with Gasteiger partial charge in [-0.1, -0.05) is 52.7 Å². The Kier molecular flexibility index (Phi) is 7.07. The summed E-state index contributed by atoms with van der Waals surface area (Å²) in [5, 5.41) is 11.9. The number of hydrogen-bond donors (Lipinski definition) is 1. The molecule has 0 aliphatic heterocycles. The van der Waals surface area contributed by atoms with Gasteiger partial charge in [-0.3, -0.25) is 4.79 Å². The Morgan fingerprint density at radius 3 is 2.37 bits per heavy atom. The summed E-state index contributed by atoms with van der Waals surface area (Å²) in [6, 6.07) is 11.4. The molecule has 0 saturated heterocycles. The SMILES string of the molecule is Cc1ccc(S(=O)(=O)Cc2nnc(SCC(=O)Nc3cc(Cl)cc(Cl)c3)n2C)cc1. The van der Waals surface area contributed by atoms with E-state index in [1.165, 1.54) is 0 Å². The lowest BCUT2D eigenvalue weighted by molar-refractivity contribution is -0.113. The van der Waals surface area contributed by atoms with E-state index >= 15 is 0 Å². The van der Waals surface area contributed by atoms with E-state index in [1.807, 2.05) is 6.92 Å². The highest BCUT2D eigenvalue weighted by atomic mass is 35.5. The number of halogens is 2. The number of nitrogens with zero attached hydrogens (tertiary/aromatic N) is 3. The molecule has 0 spiro atoms. The maximum atomic E-state index is 12.6. The van der Waals surface area contributed by atoms with Crippen molar-refractivity contribution in [3.05, 3.63) is 63.9 Å². The van der Waals surface area contributed by atoms with Gasteiger partial charge in [-0.25, -0.2) is 8.42 Å². The minimum absolute atomic E-state index is 0.0564. The lowest BCUT2D eigenvalue weighted by Gasteiger charge is -2.07. The molecule has 3 rings (SSSR count). The van der Waals surface area contributed by atoms with Crippen molar-refractivity contribution in [2.24, 2.45) is 7.05 Å². The van der Waals surface area contributed by atoms with Crippen LogP contribution in [0.2, 0.25) is 10.0 Å². The molecule has 0 aliphatic carbocycles. The summed E-state index contributed by atoms with van der Waals surface area (Å²) in [6.45, 7) is 1.89. The Morgan fingerprint density at radius 1 is 1.10 bits per heavy atom. The molecule has 1 N–H and O–H groups in total. The summed E-state index contributed by atoms with van der Waals surface area (Å²) in [4.78, 5) is 12.4. The fourth-order valence-corrected chi connectivity index (χ4v) is 5.11. The first kappa shape index (κ1) is 22.6. The third-order valence-corrected chi connectivity index (χ3v) is 7.19. The molecular weight excluding hydrogens is 467 g/mol. The van der Waals surface area contributed by atoms with Crippen molar-refractivity contribution in [1.29, 1.82) is 0 Å². The second-order valence-electron chi connectivity index (χ2n) is 6.52. The highest BCUT2D eigenvalue weighted by Gasteiger charge is 2.20. The van der Waals surface area contributed by atoms with Crippen molar-refractivity contribution < 1.29 is 13.2 Å². The van der Waals surface area contributed by atoms with Crippen LogP contribution in [0.3, 0.4) is 0 Å². The number of aromatic nitrogens is 3. The van der Waals surface area contributed by atoms with Crippen LogP contribution in [-0.2, 0) is 27.4 Å². The van der Waals surface area contributed by atoms with E-state index in [2.05, 4.69) is 15.5 Å². The molecule has 158 valence electrons. The number of amides is 1. The van der Waals surface area contributed by atoms with E-state index in [4.69, 9.17) is 23.2 Å². The maximum absolute atomic E-state index is 12.6. The Labute approximate surface area is 188 Å². The Morgan fingerprint density at radius 2 is 1.73 bits per heavy atom. The maximum Gasteiger partial charge on any atom is 0.234 e. The molecule has 2 aromatic carbocycles. The zero-order chi connectivity index (χ0) is 21.9. The first-order valence-electron chi connectivity index (χ1n) is 8.70. The molecule has 30 heavy (non-hydrogen) atoms. The number of hydrogen-bond acceptors (Lipinski definition) is 6. The monoisotopic (exact) mass is 484 g/mol. The number of carbonyl (C=O) groups is 1. The molecule has 0 saturated carbocycles.